The molecule has 0 aromatic heterocycles. The van der Waals surface area contributed by atoms with E-state index in [9.17, 15) is 13.2 Å². The topological polar surface area (TPSA) is 94.2 Å². The Morgan fingerprint density at radius 1 is 0.879 bits per heavy atom. The van der Waals surface area contributed by atoms with Gasteiger partial charge in [-0.3, -0.25) is 9.10 Å². The number of sulfonamides is 1. The molecule has 0 spiro atoms. The zero-order valence-corrected chi connectivity index (χ0v) is 19.7. The molecule has 0 fully saturated rings. The molecule has 0 bridgehead atoms. The summed E-state index contributed by atoms with van der Waals surface area (Å²) in [6.45, 7) is 2.00. The van der Waals surface area contributed by atoms with E-state index in [1.807, 2.05) is 6.07 Å². The van der Waals surface area contributed by atoms with Crippen LogP contribution in [-0.4, -0.2) is 42.2 Å². The Kier molecular flexibility index (Phi) is 7.44. The number of carbonyl (C=O) groups excluding carboxylic acids is 1. The fourth-order valence-electron chi connectivity index (χ4n) is 3.29. The van der Waals surface area contributed by atoms with Crippen LogP contribution in [0.25, 0.3) is 0 Å². The molecule has 0 unspecified atom stereocenters. The third-order valence-electron chi connectivity index (χ3n) is 4.95. The van der Waals surface area contributed by atoms with E-state index < -0.39 is 15.9 Å². The number of methoxy groups -OCH3 is 3. The number of hydrogen-bond acceptors (Lipinski definition) is 6. The zero-order valence-electron chi connectivity index (χ0n) is 18.9. The van der Waals surface area contributed by atoms with Crippen molar-refractivity contribution in [1.29, 1.82) is 0 Å². The normalized spacial score (nSPS) is 10.9. The average molecular weight is 471 g/mol. The Labute approximate surface area is 193 Å². The summed E-state index contributed by atoms with van der Waals surface area (Å²) < 4.78 is 43.8. The second kappa shape index (κ2) is 10.3. The van der Waals surface area contributed by atoms with Gasteiger partial charge in [0.25, 0.3) is 15.9 Å². The summed E-state index contributed by atoms with van der Waals surface area (Å²) in [6, 6.07) is 17.9. The molecule has 9 heteroatoms. The number of benzene rings is 3. The molecular formula is C24H26N2O6S. The van der Waals surface area contributed by atoms with Gasteiger partial charge in [-0.15, -0.1) is 0 Å². The molecule has 0 atom stereocenters. The summed E-state index contributed by atoms with van der Waals surface area (Å²) in [5.41, 5.74) is 1.04. The molecule has 1 amide bonds. The fourth-order valence-corrected chi connectivity index (χ4v) is 4.79. The highest BCUT2D eigenvalue weighted by atomic mass is 32.2. The first-order chi connectivity index (χ1) is 15.8. The lowest BCUT2D eigenvalue weighted by Crippen LogP contribution is -2.30. The zero-order chi connectivity index (χ0) is 24.0. The minimum absolute atomic E-state index is 0.0209. The second-order valence-corrected chi connectivity index (χ2v) is 8.79. The molecule has 0 aliphatic heterocycles. The van der Waals surface area contributed by atoms with Gasteiger partial charge in [0.15, 0.2) is 0 Å². The van der Waals surface area contributed by atoms with Gasteiger partial charge in [-0.1, -0.05) is 18.2 Å². The predicted molar refractivity (Wildman–Crippen MR) is 127 cm³/mol. The maximum absolute atomic E-state index is 13.4. The first-order valence-electron chi connectivity index (χ1n) is 10.1. The second-order valence-electron chi connectivity index (χ2n) is 6.92. The van der Waals surface area contributed by atoms with Crippen molar-refractivity contribution in [3.63, 3.8) is 0 Å². The largest absolute Gasteiger partial charge is 0.497 e. The molecule has 3 aromatic carbocycles. The number of rotatable bonds is 9. The Bertz CT molecular complexity index is 1210. The number of nitrogens with zero attached hydrogens (tertiary/aromatic N) is 1. The summed E-state index contributed by atoms with van der Waals surface area (Å²) in [6.07, 6.45) is 0. The van der Waals surface area contributed by atoms with Gasteiger partial charge in [-0.25, -0.2) is 8.42 Å². The molecule has 3 rings (SSSR count). The van der Waals surface area contributed by atoms with E-state index in [-0.39, 0.29) is 22.7 Å². The summed E-state index contributed by atoms with van der Waals surface area (Å²) in [7, 11) is 0.526. The van der Waals surface area contributed by atoms with Crippen molar-refractivity contribution in [3.8, 4) is 17.2 Å². The lowest BCUT2D eigenvalue weighted by molar-refractivity contribution is 0.102. The van der Waals surface area contributed by atoms with Gasteiger partial charge in [-0.2, -0.15) is 0 Å². The number of carbonyl (C=O) groups is 1. The molecule has 0 heterocycles. The average Bonchev–Trinajstić information content (AvgIpc) is 2.84. The standard InChI is InChI=1S/C24H26N2O6S/c1-5-26(18-9-7-6-8-10-18)33(28,29)21-11-12-23(32-4)22(16-21)25-24(27)17-13-19(30-2)15-20(14-17)31-3/h6-16H,5H2,1-4H3,(H,25,27). The smallest absolute Gasteiger partial charge is 0.264 e. The highest BCUT2D eigenvalue weighted by molar-refractivity contribution is 7.92. The molecule has 0 saturated carbocycles. The van der Waals surface area contributed by atoms with Crippen LogP contribution >= 0.6 is 0 Å². The van der Waals surface area contributed by atoms with Gasteiger partial charge in [0.2, 0.25) is 0 Å². The molecule has 174 valence electrons. The third kappa shape index (κ3) is 5.20. The van der Waals surface area contributed by atoms with Gasteiger partial charge in [0, 0.05) is 18.2 Å². The molecule has 0 radical (unpaired) electrons. The van der Waals surface area contributed by atoms with Gasteiger partial charge >= 0.3 is 0 Å². The molecule has 0 aliphatic rings. The van der Waals surface area contributed by atoms with Crippen LogP contribution in [0.3, 0.4) is 0 Å². The first-order valence-corrected chi connectivity index (χ1v) is 11.6. The van der Waals surface area contributed by atoms with E-state index in [0.29, 0.717) is 22.9 Å². The molecule has 1 N–H and O–H groups in total. The van der Waals surface area contributed by atoms with Crippen LogP contribution in [0.15, 0.2) is 71.6 Å². The van der Waals surface area contributed by atoms with Crippen LogP contribution in [0.2, 0.25) is 0 Å². The van der Waals surface area contributed by atoms with Crippen molar-refractivity contribution in [2.45, 2.75) is 11.8 Å². The molecule has 8 nitrogen and oxygen atoms in total. The van der Waals surface area contributed by atoms with Crippen LogP contribution < -0.4 is 23.8 Å². The summed E-state index contributed by atoms with van der Waals surface area (Å²) in [5, 5.41) is 2.73. The van der Waals surface area contributed by atoms with E-state index in [4.69, 9.17) is 14.2 Å². The number of anilines is 2. The lowest BCUT2D eigenvalue weighted by Gasteiger charge is -2.23. The van der Waals surface area contributed by atoms with E-state index in [2.05, 4.69) is 5.32 Å². The number of hydrogen-bond donors (Lipinski definition) is 1. The molecule has 0 saturated heterocycles. The lowest BCUT2D eigenvalue weighted by atomic mass is 10.1. The Balaban J connectivity index is 1.98. The maximum Gasteiger partial charge on any atom is 0.264 e. The van der Waals surface area contributed by atoms with Crippen molar-refractivity contribution in [1.82, 2.24) is 0 Å². The minimum atomic E-state index is -3.89. The quantitative estimate of drug-likeness (QED) is 0.504. The van der Waals surface area contributed by atoms with Crippen LogP contribution in [-0.2, 0) is 10.0 Å². The highest BCUT2D eigenvalue weighted by Crippen LogP contribution is 2.31. The summed E-state index contributed by atoms with van der Waals surface area (Å²) in [5.74, 6) is 0.740. The predicted octanol–water partition coefficient (Wildman–Crippen LogP) is 4.18. The Morgan fingerprint density at radius 3 is 2.06 bits per heavy atom. The van der Waals surface area contributed by atoms with Crippen LogP contribution in [0.4, 0.5) is 11.4 Å². The van der Waals surface area contributed by atoms with E-state index >= 15 is 0 Å². The molecule has 3 aromatic rings. The van der Waals surface area contributed by atoms with E-state index in [1.54, 1.807) is 49.4 Å². The van der Waals surface area contributed by atoms with Gasteiger partial charge in [-0.05, 0) is 49.4 Å². The van der Waals surface area contributed by atoms with Crippen molar-refractivity contribution in [2.75, 3.05) is 37.5 Å². The first kappa shape index (κ1) is 23.9. The number of amides is 1. The highest BCUT2D eigenvalue weighted by Gasteiger charge is 2.25. The third-order valence-corrected chi connectivity index (χ3v) is 6.85. The number of ether oxygens (including phenoxy) is 3. The molecule has 33 heavy (non-hydrogen) atoms. The van der Waals surface area contributed by atoms with Gasteiger partial charge < -0.3 is 19.5 Å². The molecular weight excluding hydrogens is 444 g/mol. The SMILES string of the molecule is CCN(c1ccccc1)S(=O)(=O)c1ccc(OC)c(NC(=O)c2cc(OC)cc(OC)c2)c1. The summed E-state index contributed by atoms with van der Waals surface area (Å²) >= 11 is 0. The van der Waals surface area contributed by atoms with Gasteiger partial charge in [0.1, 0.15) is 17.2 Å². The van der Waals surface area contributed by atoms with Crippen LogP contribution in [0, 0.1) is 0 Å². The van der Waals surface area contributed by atoms with Crippen molar-refractivity contribution < 1.29 is 27.4 Å². The molecule has 0 aliphatic carbocycles. The Morgan fingerprint density at radius 2 is 1.52 bits per heavy atom. The summed E-state index contributed by atoms with van der Waals surface area (Å²) in [4.78, 5) is 13.0. The van der Waals surface area contributed by atoms with Crippen molar-refractivity contribution >= 4 is 27.3 Å². The van der Waals surface area contributed by atoms with Crippen LogP contribution in [0.1, 0.15) is 17.3 Å². The maximum atomic E-state index is 13.4. The van der Waals surface area contributed by atoms with Crippen LogP contribution in [0.5, 0.6) is 17.2 Å². The number of para-hydroxylation sites is 1. The van der Waals surface area contributed by atoms with E-state index in [0.717, 1.165) is 0 Å². The van der Waals surface area contributed by atoms with E-state index in [1.165, 1.54) is 43.8 Å². The Hall–Kier alpha value is -3.72. The van der Waals surface area contributed by atoms with Crippen molar-refractivity contribution in [3.05, 3.63) is 72.3 Å². The number of nitrogens with one attached hydrogen (secondary N) is 1. The monoisotopic (exact) mass is 470 g/mol. The van der Waals surface area contributed by atoms with Gasteiger partial charge in [0.05, 0.1) is 37.6 Å². The minimum Gasteiger partial charge on any atom is -0.497 e. The van der Waals surface area contributed by atoms with Crippen molar-refractivity contribution in [2.24, 2.45) is 0 Å². The fraction of sp³-hybridized carbons (Fsp3) is 0.208.